The lowest BCUT2D eigenvalue weighted by molar-refractivity contribution is 0.667. The number of rotatable bonds is 3. The minimum atomic E-state index is 0.651. The zero-order chi connectivity index (χ0) is 14.1. The highest BCUT2D eigenvalue weighted by Gasteiger charge is 2.08. The largest absolute Gasteiger partial charge is 0.239 e. The lowest BCUT2D eigenvalue weighted by Gasteiger charge is -1.98. The molecule has 0 amide bonds. The van der Waals surface area contributed by atoms with Crippen LogP contribution in [0.2, 0.25) is 0 Å². The molecule has 0 radical (unpaired) electrons. The second-order valence-corrected chi connectivity index (χ2v) is 5.67. The molecule has 0 aliphatic rings. The van der Waals surface area contributed by atoms with Crippen molar-refractivity contribution in [3.8, 4) is 11.3 Å². The predicted octanol–water partition coefficient (Wildman–Crippen LogP) is 3.60. The summed E-state index contributed by atoms with van der Waals surface area (Å²) in [4.78, 5) is 4.69. The average Bonchev–Trinajstić information content (AvgIpc) is 3.17. The number of aromatic nitrogens is 4. The van der Waals surface area contributed by atoms with Gasteiger partial charge in [-0.05, 0) is 12.1 Å². The van der Waals surface area contributed by atoms with Crippen molar-refractivity contribution >= 4 is 22.4 Å². The van der Waals surface area contributed by atoms with Gasteiger partial charge in [0.15, 0.2) is 0 Å². The standard InChI is InChI=1S/C16H12N4S/c1-2-6-12(7-3-1)14-11-21-16(17-14)10-20-15-9-5-4-8-13(15)18-19-20/h1-9,11H,10H2. The number of hydrogen-bond donors (Lipinski definition) is 0. The monoisotopic (exact) mass is 292 g/mol. The van der Waals surface area contributed by atoms with Crippen molar-refractivity contribution in [2.75, 3.05) is 0 Å². The number of nitrogens with zero attached hydrogens (tertiary/aromatic N) is 4. The fourth-order valence-corrected chi connectivity index (χ4v) is 3.07. The third kappa shape index (κ3) is 2.32. The van der Waals surface area contributed by atoms with Gasteiger partial charge < -0.3 is 0 Å². The van der Waals surface area contributed by atoms with Crippen LogP contribution in [0.3, 0.4) is 0 Å². The van der Waals surface area contributed by atoms with Crippen LogP contribution in [0.25, 0.3) is 22.3 Å². The third-order valence-electron chi connectivity index (χ3n) is 3.33. The summed E-state index contributed by atoms with van der Waals surface area (Å²) < 4.78 is 1.89. The van der Waals surface area contributed by atoms with Crippen LogP contribution in [0.5, 0.6) is 0 Å². The zero-order valence-corrected chi connectivity index (χ0v) is 12.0. The maximum absolute atomic E-state index is 4.69. The predicted molar refractivity (Wildman–Crippen MR) is 84.2 cm³/mol. The Morgan fingerprint density at radius 3 is 2.67 bits per heavy atom. The Hall–Kier alpha value is -2.53. The van der Waals surface area contributed by atoms with Crippen LogP contribution in [-0.4, -0.2) is 20.0 Å². The van der Waals surface area contributed by atoms with Crippen LogP contribution in [0, 0.1) is 0 Å². The summed E-state index contributed by atoms with van der Waals surface area (Å²) in [6.45, 7) is 0.651. The Morgan fingerprint density at radius 1 is 0.952 bits per heavy atom. The lowest BCUT2D eigenvalue weighted by atomic mass is 10.2. The van der Waals surface area contributed by atoms with E-state index in [1.54, 1.807) is 11.3 Å². The van der Waals surface area contributed by atoms with Crippen LogP contribution in [0.4, 0.5) is 0 Å². The Balaban J connectivity index is 1.65. The third-order valence-corrected chi connectivity index (χ3v) is 4.16. The molecule has 4 aromatic rings. The SMILES string of the molecule is c1ccc(-c2csc(Cn3nnc4ccccc43)n2)cc1. The Bertz CT molecular complexity index is 879. The van der Waals surface area contributed by atoms with Crippen LogP contribution in [0.15, 0.2) is 60.0 Å². The molecule has 5 heteroatoms. The first-order chi connectivity index (χ1) is 10.4. The molecule has 0 saturated carbocycles. The first-order valence-corrected chi connectivity index (χ1v) is 7.56. The van der Waals surface area contributed by atoms with Crippen LogP contribution < -0.4 is 0 Å². The van der Waals surface area contributed by atoms with E-state index < -0.39 is 0 Å². The van der Waals surface area contributed by atoms with E-state index in [1.165, 1.54) is 0 Å². The highest BCUT2D eigenvalue weighted by atomic mass is 32.1. The van der Waals surface area contributed by atoms with E-state index in [1.807, 2.05) is 47.1 Å². The molecule has 0 N–H and O–H groups in total. The fraction of sp³-hybridized carbons (Fsp3) is 0.0625. The van der Waals surface area contributed by atoms with Gasteiger partial charge in [0.1, 0.15) is 10.5 Å². The lowest BCUT2D eigenvalue weighted by Crippen LogP contribution is -2.01. The minimum absolute atomic E-state index is 0.651. The van der Waals surface area contributed by atoms with E-state index >= 15 is 0 Å². The first-order valence-electron chi connectivity index (χ1n) is 6.68. The smallest absolute Gasteiger partial charge is 0.115 e. The molecular formula is C16H12N4S. The molecule has 0 saturated heterocycles. The number of fused-ring (bicyclic) bond motifs is 1. The number of hydrogen-bond acceptors (Lipinski definition) is 4. The normalized spacial score (nSPS) is 11.0. The molecule has 102 valence electrons. The van der Waals surface area contributed by atoms with Crippen molar-refractivity contribution in [3.05, 3.63) is 65.0 Å². The Kier molecular flexibility index (Phi) is 2.97. The van der Waals surface area contributed by atoms with E-state index in [4.69, 9.17) is 4.98 Å². The molecule has 0 aliphatic carbocycles. The molecule has 4 rings (SSSR count). The summed E-state index contributed by atoms with van der Waals surface area (Å²) in [7, 11) is 0. The van der Waals surface area contributed by atoms with Crippen molar-refractivity contribution in [1.29, 1.82) is 0 Å². The van der Waals surface area contributed by atoms with Gasteiger partial charge in [0, 0.05) is 10.9 Å². The molecule has 0 bridgehead atoms. The van der Waals surface area contributed by atoms with E-state index in [2.05, 4.69) is 27.8 Å². The quantitative estimate of drug-likeness (QED) is 0.579. The van der Waals surface area contributed by atoms with Crippen molar-refractivity contribution in [1.82, 2.24) is 20.0 Å². The topological polar surface area (TPSA) is 43.6 Å². The molecule has 2 heterocycles. The zero-order valence-electron chi connectivity index (χ0n) is 11.2. The van der Waals surface area contributed by atoms with Crippen molar-refractivity contribution in [2.24, 2.45) is 0 Å². The Labute approximate surface area is 125 Å². The van der Waals surface area contributed by atoms with Gasteiger partial charge in [0.05, 0.1) is 17.8 Å². The maximum Gasteiger partial charge on any atom is 0.115 e. The summed E-state index contributed by atoms with van der Waals surface area (Å²) in [6.07, 6.45) is 0. The Morgan fingerprint density at radius 2 is 1.76 bits per heavy atom. The minimum Gasteiger partial charge on any atom is -0.239 e. The molecule has 0 fully saturated rings. The second-order valence-electron chi connectivity index (χ2n) is 4.73. The summed E-state index contributed by atoms with van der Waals surface area (Å²) in [5.41, 5.74) is 4.11. The van der Waals surface area contributed by atoms with Gasteiger partial charge in [-0.1, -0.05) is 47.7 Å². The summed E-state index contributed by atoms with van der Waals surface area (Å²) in [5.74, 6) is 0. The van der Waals surface area contributed by atoms with Gasteiger partial charge in [-0.2, -0.15) is 0 Å². The van der Waals surface area contributed by atoms with E-state index in [0.717, 1.165) is 27.3 Å². The van der Waals surface area contributed by atoms with E-state index in [0.29, 0.717) is 6.54 Å². The molecule has 0 spiro atoms. The van der Waals surface area contributed by atoms with Crippen molar-refractivity contribution in [2.45, 2.75) is 6.54 Å². The fourth-order valence-electron chi connectivity index (χ4n) is 2.29. The summed E-state index contributed by atoms with van der Waals surface area (Å²) in [5, 5.41) is 11.5. The molecule has 2 aromatic carbocycles. The molecule has 0 atom stereocenters. The first kappa shape index (κ1) is 12.2. The number of thiazole rings is 1. The molecule has 4 nitrogen and oxygen atoms in total. The van der Waals surface area contributed by atoms with Crippen molar-refractivity contribution < 1.29 is 0 Å². The molecule has 0 unspecified atom stereocenters. The number of para-hydroxylation sites is 1. The molecular weight excluding hydrogens is 280 g/mol. The second kappa shape index (κ2) is 5.10. The van der Waals surface area contributed by atoms with Gasteiger partial charge in [0.25, 0.3) is 0 Å². The van der Waals surface area contributed by atoms with Crippen molar-refractivity contribution in [3.63, 3.8) is 0 Å². The van der Waals surface area contributed by atoms with Crippen LogP contribution >= 0.6 is 11.3 Å². The highest BCUT2D eigenvalue weighted by Crippen LogP contribution is 2.22. The number of benzene rings is 2. The van der Waals surface area contributed by atoms with Gasteiger partial charge in [-0.3, -0.25) is 0 Å². The highest BCUT2D eigenvalue weighted by molar-refractivity contribution is 7.09. The van der Waals surface area contributed by atoms with E-state index in [9.17, 15) is 0 Å². The maximum atomic E-state index is 4.69. The van der Waals surface area contributed by atoms with Gasteiger partial charge >= 0.3 is 0 Å². The van der Waals surface area contributed by atoms with E-state index in [-0.39, 0.29) is 0 Å². The molecule has 2 aromatic heterocycles. The van der Waals surface area contributed by atoms with Crippen LogP contribution in [-0.2, 0) is 6.54 Å². The van der Waals surface area contributed by atoms with Gasteiger partial charge in [0.2, 0.25) is 0 Å². The molecule has 21 heavy (non-hydrogen) atoms. The summed E-state index contributed by atoms with van der Waals surface area (Å²) in [6, 6.07) is 18.2. The average molecular weight is 292 g/mol. The van der Waals surface area contributed by atoms with Crippen LogP contribution in [0.1, 0.15) is 5.01 Å². The molecule has 0 aliphatic heterocycles. The summed E-state index contributed by atoms with van der Waals surface area (Å²) >= 11 is 1.65. The van der Waals surface area contributed by atoms with Gasteiger partial charge in [-0.25, -0.2) is 9.67 Å². The van der Waals surface area contributed by atoms with Gasteiger partial charge in [-0.15, -0.1) is 16.4 Å².